The van der Waals surface area contributed by atoms with Crippen molar-refractivity contribution in [3.05, 3.63) is 0 Å². The van der Waals surface area contributed by atoms with E-state index in [9.17, 15) is 0 Å². The van der Waals surface area contributed by atoms with Crippen LogP contribution in [0, 0.1) is 11.3 Å². The van der Waals surface area contributed by atoms with Crippen molar-refractivity contribution in [1.82, 2.24) is 4.90 Å². The minimum absolute atomic E-state index is 0.431. The van der Waals surface area contributed by atoms with Gasteiger partial charge in [0, 0.05) is 12.6 Å². The molecule has 0 aliphatic heterocycles. The van der Waals surface area contributed by atoms with Crippen LogP contribution in [0.4, 0.5) is 0 Å². The molecule has 0 amide bonds. The van der Waals surface area contributed by atoms with Gasteiger partial charge in [0.2, 0.25) is 0 Å². The second kappa shape index (κ2) is 7.04. The van der Waals surface area contributed by atoms with E-state index in [1.54, 1.807) is 0 Å². The fraction of sp³-hybridized carbons (Fsp3) is 1.00. The molecule has 0 saturated heterocycles. The predicted octanol–water partition coefficient (Wildman–Crippen LogP) is 4.23. The largest absolute Gasteiger partial charge is 0.303 e. The molecule has 17 heavy (non-hydrogen) atoms. The van der Waals surface area contributed by atoms with Gasteiger partial charge in [0.15, 0.2) is 0 Å². The van der Waals surface area contributed by atoms with Gasteiger partial charge in [-0.15, -0.1) is 0 Å². The molecule has 0 bridgehead atoms. The van der Waals surface area contributed by atoms with Crippen molar-refractivity contribution in [1.29, 1.82) is 0 Å². The van der Waals surface area contributed by atoms with Crippen LogP contribution in [0.2, 0.25) is 0 Å². The van der Waals surface area contributed by atoms with Gasteiger partial charge in [-0.25, -0.2) is 0 Å². The van der Waals surface area contributed by atoms with Gasteiger partial charge in [0.05, 0.1) is 0 Å². The first-order valence-electron chi connectivity index (χ1n) is 7.38. The first kappa shape index (κ1) is 15.4. The molecule has 0 atom stereocenters. The number of hydrogen-bond acceptors (Lipinski definition) is 2. The topological polar surface area (TPSA) is 3.24 Å². The molecule has 0 heterocycles. The molecule has 0 aromatic rings. The zero-order valence-corrected chi connectivity index (χ0v) is 13.1. The third-order valence-electron chi connectivity index (χ3n) is 5.03. The zero-order valence-electron chi connectivity index (χ0n) is 12.2. The number of nitrogens with zero attached hydrogens (tertiary/aromatic N) is 1. The summed E-state index contributed by atoms with van der Waals surface area (Å²) in [6.07, 6.45) is 8.13. The maximum Gasteiger partial charge on any atom is 0.00926 e. The molecule has 0 aromatic heterocycles. The Morgan fingerprint density at radius 2 is 1.65 bits per heavy atom. The van der Waals surface area contributed by atoms with Crippen LogP contribution < -0.4 is 0 Å². The Kier molecular flexibility index (Phi) is 6.36. The van der Waals surface area contributed by atoms with Gasteiger partial charge < -0.3 is 4.90 Å². The standard InChI is InChI=1S/C15H31NS/c1-5-15(6-2,12-17)11-16(4)14-9-7-13(3)8-10-14/h13-14,17H,5-12H2,1-4H3. The lowest BCUT2D eigenvalue weighted by Gasteiger charge is -2.40. The number of hydrogen-bond donors (Lipinski definition) is 1. The Morgan fingerprint density at radius 3 is 2.06 bits per heavy atom. The van der Waals surface area contributed by atoms with E-state index >= 15 is 0 Å². The quantitative estimate of drug-likeness (QED) is 0.697. The highest BCUT2D eigenvalue weighted by molar-refractivity contribution is 7.80. The van der Waals surface area contributed by atoms with Crippen molar-refractivity contribution < 1.29 is 0 Å². The molecule has 1 aliphatic carbocycles. The Morgan fingerprint density at radius 1 is 1.12 bits per heavy atom. The minimum atomic E-state index is 0.431. The highest BCUT2D eigenvalue weighted by Crippen LogP contribution is 2.32. The van der Waals surface area contributed by atoms with Gasteiger partial charge in [-0.2, -0.15) is 12.6 Å². The van der Waals surface area contributed by atoms with E-state index < -0.39 is 0 Å². The third kappa shape index (κ3) is 4.17. The van der Waals surface area contributed by atoms with Crippen LogP contribution in [0.5, 0.6) is 0 Å². The maximum atomic E-state index is 4.59. The van der Waals surface area contributed by atoms with Crippen molar-refractivity contribution in [2.75, 3.05) is 19.3 Å². The molecule has 1 saturated carbocycles. The fourth-order valence-corrected chi connectivity index (χ4v) is 3.64. The molecular weight excluding hydrogens is 226 g/mol. The van der Waals surface area contributed by atoms with E-state index in [2.05, 4.69) is 45.3 Å². The molecule has 102 valence electrons. The Bertz CT molecular complexity index is 197. The smallest absolute Gasteiger partial charge is 0.00926 e. The number of thiol groups is 1. The van der Waals surface area contributed by atoms with Crippen LogP contribution in [0.25, 0.3) is 0 Å². The van der Waals surface area contributed by atoms with E-state index in [1.165, 1.54) is 45.1 Å². The molecule has 0 spiro atoms. The fourth-order valence-electron chi connectivity index (χ4n) is 3.09. The van der Waals surface area contributed by atoms with Gasteiger partial charge in [-0.05, 0) is 62.7 Å². The van der Waals surface area contributed by atoms with Gasteiger partial charge in [-0.3, -0.25) is 0 Å². The summed E-state index contributed by atoms with van der Waals surface area (Å²) in [4.78, 5) is 2.62. The summed E-state index contributed by atoms with van der Waals surface area (Å²) < 4.78 is 0. The van der Waals surface area contributed by atoms with Crippen LogP contribution in [-0.2, 0) is 0 Å². The van der Waals surface area contributed by atoms with E-state index in [0.29, 0.717) is 5.41 Å². The average molecular weight is 257 g/mol. The van der Waals surface area contributed by atoms with E-state index in [4.69, 9.17) is 0 Å². The molecule has 0 N–H and O–H groups in total. The lowest BCUT2D eigenvalue weighted by Crippen LogP contribution is -2.43. The van der Waals surface area contributed by atoms with Crippen LogP contribution >= 0.6 is 12.6 Å². The van der Waals surface area contributed by atoms with Gasteiger partial charge >= 0.3 is 0 Å². The molecular formula is C15H31NS. The van der Waals surface area contributed by atoms with Crippen LogP contribution in [0.15, 0.2) is 0 Å². The highest BCUT2D eigenvalue weighted by atomic mass is 32.1. The summed E-state index contributed by atoms with van der Waals surface area (Å²) in [5.41, 5.74) is 0.431. The first-order valence-corrected chi connectivity index (χ1v) is 8.01. The normalized spacial score (nSPS) is 26.5. The Balaban J connectivity index is 2.49. The first-order chi connectivity index (χ1) is 8.06. The molecule has 2 heteroatoms. The molecule has 1 rings (SSSR count). The lowest BCUT2D eigenvalue weighted by atomic mass is 9.81. The summed E-state index contributed by atoms with van der Waals surface area (Å²) in [6, 6.07) is 0.823. The molecule has 0 radical (unpaired) electrons. The molecule has 1 fully saturated rings. The maximum absolute atomic E-state index is 4.59. The SMILES string of the molecule is CCC(CC)(CS)CN(C)C1CCC(C)CC1. The lowest BCUT2D eigenvalue weighted by molar-refractivity contribution is 0.110. The summed E-state index contributed by atoms with van der Waals surface area (Å²) >= 11 is 4.59. The number of rotatable bonds is 6. The van der Waals surface area contributed by atoms with E-state index in [0.717, 1.165) is 17.7 Å². The average Bonchev–Trinajstić information content (AvgIpc) is 2.37. The van der Waals surface area contributed by atoms with Crippen molar-refractivity contribution >= 4 is 12.6 Å². The van der Waals surface area contributed by atoms with Crippen LogP contribution in [0.3, 0.4) is 0 Å². The van der Waals surface area contributed by atoms with Crippen LogP contribution in [0.1, 0.15) is 59.3 Å². The molecule has 0 unspecified atom stereocenters. The van der Waals surface area contributed by atoms with E-state index in [1.807, 2.05) is 0 Å². The molecule has 1 nitrogen and oxygen atoms in total. The van der Waals surface area contributed by atoms with Crippen LogP contribution in [-0.4, -0.2) is 30.3 Å². The summed E-state index contributed by atoms with van der Waals surface area (Å²) in [7, 11) is 2.32. The Hall–Kier alpha value is 0.310. The van der Waals surface area contributed by atoms with Crippen molar-refractivity contribution in [2.45, 2.75) is 65.3 Å². The van der Waals surface area contributed by atoms with Crippen molar-refractivity contribution in [3.8, 4) is 0 Å². The minimum Gasteiger partial charge on any atom is -0.303 e. The third-order valence-corrected chi connectivity index (χ3v) is 5.70. The molecule has 0 aromatic carbocycles. The second-order valence-electron chi connectivity index (χ2n) is 6.19. The van der Waals surface area contributed by atoms with Crippen molar-refractivity contribution in [3.63, 3.8) is 0 Å². The van der Waals surface area contributed by atoms with E-state index in [-0.39, 0.29) is 0 Å². The van der Waals surface area contributed by atoms with Crippen molar-refractivity contribution in [2.24, 2.45) is 11.3 Å². The van der Waals surface area contributed by atoms with Gasteiger partial charge in [-0.1, -0.05) is 20.8 Å². The second-order valence-corrected chi connectivity index (χ2v) is 6.51. The van der Waals surface area contributed by atoms with Gasteiger partial charge in [0.1, 0.15) is 0 Å². The summed E-state index contributed by atoms with van der Waals surface area (Å²) in [5, 5.41) is 0. The summed E-state index contributed by atoms with van der Waals surface area (Å²) in [5.74, 6) is 1.97. The zero-order chi connectivity index (χ0) is 12.9. The Labute approximate surface area is 114 Å². The predicted molar refractivity (Wildman–Crippen MR) is 80.9 cm³/mol. The highest BCUT2D eigenvalue weighted by Gasteiger charge is 2.30. The monoisotopic (exact) mass is 257 g/mol. The molecule has 1 aliphatic rings. The summed E-state index contributed by atoms with van der Waals surface area (Å²) in [6.45, 7) is 8.25. The van der Waals surface area contributed by atoms with Gasteiger partial charge in [0.25, 0.3) is 0 Å².